The Labute approximate surface area is 180 Å². The van der Waals surface area contributed by atoms with Crippen molar-refractivity contribution in [3.8, 4) is 11.5 Å². The Kier molecular flexibility index (Phi) is 6.43. The van der Waals surface area contributed by atoms with Gasteiger partial charge in [-0.1, -0.05) is 24.3 Å². The third-order valence-corrected chi connectivity index (χ3v) is 5.13. The van der Waals surface area contributed by atoms with Crippen LogP contribution in [0.25, 0.3) is 6.08 Å². The quantitative estimate of drug-likeness (QED) is 0.573. The topological polar surface area (TPSA) is 38.8 Å². The number of hydrogen-bond donors (Lipinski definition) is 0. The molecule has 1 atom stereocenters. The van der Waals surface area contributed by atoms with Gasteiger partial charge in [-0.05, 0) is 47.4 Å². The van der Waals surface area contributed by atoms with E-state index in [1.807, 2.05) is 0 Å². The normalized spacial score (nSPS) is 16.8. The highest BCUT2D eigenvalue weighted by atomic mass is 19.4. The highest BCUT2D eigenvalue weighted by Gasteiger charge is 2.45. The SMILES string of the molecule is COc1cc2c(cc1OC)[C@H](/C=C/c1ccc(C(F)(F)F)cc1)N(C(=O)C(F)(F)F)CC2. The first-order valence-corrected chi connectivity index (χ1v) is 9.43. The number of carbonyl (C=O) groups is 1. The van der Waals surface area contributed by atoms with Crippen LogP contribution in [0.5, 0.6) is 11.5 Å². The van der Waals surface area contributed by atoms with E-state index in [0.29, 0.717) is 27.3 Å². The molecule has 0 aliphatic carbocycles. The molecule has 32 heavy (non-hydrogen) atoms. The smallest absolute Gasteiger partial charge is 0.471 e. The number of fused-ring (bicyclic) bond motifs is 1. The number of carbonyl (C=O) groups excluding carboxylic acids is 1. The molecular weight excluding hydrogens is 440 g/mol. The standard InChI is InChI=1S/C22H19F6NO3/c1-31-18-11-14-9-10-29(20(30)22(26,27)28)17(16(14)12-19(18)32-2)8-5-13-3-6-15(7-4-13)21(23,24)25/h3-8,11-12,17H,9-10H2,1-2H3/b8-5+/t17-/m0/s1. The van der Waals surface area contributed by atoms with Gasteiger partial charge < -0.3 is 14.4 Å². The van der Waals surface area contributed by atoms with Gasteiger partial charge in [0.2, 0.25) is 0 Å². The molecular formula is C22H19F6NO3. The van der Waals surface area contributed by atoms with Crippen LogP contribution >= 0.6 is 0 Å². The van der Waals surface area contributed by atoms with Crippen LogP contribution in [0.3, 0.4) is 0 Å². The van der Waals surface area contributed by atoms with E-state index < -0.39 is 29.9 Å². The Morgan fingerprint density at radius 3 is 2.12 bits per heavy atom. The first kappa shape index (κ1) is 23.5. The van der Waals surface area contributed by atoms with Gasteiger partial charge in [0.05, 0.1) is 25.8 Å². The van der Waals surface area contributed by atoms with Crippen LogP contribution in [0.1, 0.15) is 28.3 Å². The van der Waals surface area contributed by atoms with Gasteiger partial charge in [-0.2, -0.15) is 26.3 Å². The lowest BCUT2D eigenvalue weighted by atomic mass is 9.91. The molecule has 0 fully saturated rings. The van der Waals surface area contributed by atoms with Gasteiger partial charge in [0, 0.05) is 6.54 Å². The van der Waals surface area contributed by atoms with Crippen molar-refractivity contribution in [3.63, 3.8) is 0 Å². The molecule has 2 aromatic carbocycles. The van der Waals surface area contributed by atoms with E-state index >= 15 is 0 Å². The minimum atomic E-state index is -5.07. The average molecular weight is 459 g/mol. The fourth-order valence-corrected chi connectivity index (χ4v) is 3.56. The number of methoxy groups -OCH3 is 2. The molecule has 4 nitrogen and oxygen atoms in total. The van der Waals surface area contributed by atoms with E-state index in [0.717, 1.165) is 12.1 Å². The molecule has 1 amide bonds. The Morgan fingerprint density at radius 2 is 1.59 bits per heavy atom. The van der Waals surface area contributed by atoms with Gasteiger partial charge in [-0.3, -0.25) is 4.79 Å². The Hall–Kier alpha value is -3.17. The lowest BCUT2D eigenvalue weighted by molar-refractivity contribution is -0.187. The summed E-state index contributed by atoms with van der Waals surface area (Å²) in [6.45, 7) is -0.192. The molecule has 0 radical (unpaired) electrons. The molecule has 1 aliphatic heterocycles. The Bertz CT molecular complexity index is 1010. The van der Waals surface area contributed by atoms with Crippen molar-refractivity contribution < 1.29 is 40.6 Å². The summed E-state index contributed by atoms with van der Waals surface area (Å²) in [5, 5.41) is 0. The number of hydrogen-bond acceptors (Lipinski definition) is 3. The van der Waals surface area contributed by atoms with Gasteiger partial charge in [0.1, 0.15) is 0 Å². The Morgan fingerprint density at radius 1 is 1.00 bits per heavy atom. The molecule has 0 N–H and O–H groups in total. The Balaban J connectivity index is 2.03. The zero-order valence-electron chi connectivity index (χ0n) is 17.1. The van der Waals surface area contributed by atoms with Crippen molar-refractivity contribution in [3.05, 3.63) is 64.7 Å². The molecule has 0 unspecified atom stereocenters. The van der Waals surface area contributed by atoms with E-state index in [9.17, 15) is 31.1 Å². The summed E-state index contributed by atoms with van der Waals surface area (Å²) in [5.41, 5.74) is 0.582. The number of nitrogens with zero attached hydrogens (tertiary/aromatic N) is 1. The molecule has 0 saturated heterocycles. The summed E-state index contributed by atoms with van der Waals surface area (Å²) in [6, 6.07) is 6.20. The van der Waals surface area contributed by atoms with Gasteiger partial charge in [0.25, 0.3) is 0 Å². The number of amides is 1. The van der Waals surface area contributed by atoms with Crippen LogP contribution < -0.4 is 9.47 Å². The number of rotatable bonds is 4. The fraction of sp³-hybridized carbons (Fsp3) is 0.318. The lowest BCUT2D eigenvalue weighted by Gasteiger charge is -2.36. The van der Waals surface area contributed by atoms with Crippen LogP contribution in [-0.4, -0.2) is 37.7 Å². The molecule has 1 heterocycles. The van der Waals surface area contributed by atoms with Crippen molar-refractivity contribution in [2.75, 3.05) is 20.8 Å². The number of ether oxygens (including phenoxy) is 2. The zero-order valence-corrected chi connectivity index (χ0v) is 17.1. The fourth-order valence-electron chi connectivity index (χ4n) is 3.56. The van der Waals surface area contributed by atoms with Crippen molar-refractivity contribution in [2.45, 2.75) is 24.8 Å². The summed E-state index contributed by atoms with van der Waals surface area (Å²) < 4.78 is 88.3. The van der Waals surface area contributed by atoms with Gasteiger partial charge in [-0.25, -0.2) is 0 Å². The maximum Gasteiger partial charge on any atom is 0.471 e. The minimum absolute atomic E-state index is 0.169. The van der Waals surface area contributed by atoms with Crippen LogP contribution in [-0.2, 0) is 17.4 Å². The second kappa shape index (κ2) is 8.76. The maximum absolute atomic E-state index is 13.2. The molecule has 10 heteroatoms. The number of alkyl halides is 6. The molecule has 0 bridgehead atoms. The molecule has 0 aromatic heterocycles. The first-order valence-electron chi connectivity index (χ1n) is 9.43. The minimum Gasteiger partial charge on any atom is -0.493 e. The second-order valence-corrected chi connectivity index (χ2v) is 7.08. The highest BCUT2D eigenvalue weighted by molar-refractivity contribution is 5.83. The molecule has 1 aliphatic rings. The van der Waals surface area contributed by atoms with E-state index in [1.54, 1.807) is 6.07 Å². The third kappa shape index (κ3) is 4.84. The highest BCUT2D eigenvalue weighted by Crippen LogP contribution is 2.40. The third-order valence-electron chi connectivity index (χ3n) is 5.13. The monoisotopic (exact) mass is 459 g/mol. The van der Waals surface area contributed by atoms with Gasteiger partial charge >= 0.3 is 18.3 Å². The predicted octanol–water partition coefficient (Wildman–Crippen LogP) is 5.42. The summed E-state index contributed by atoms with van der Waals surface area (Å²) >= 11 is 0. The van der Waals surface area contributed by atoms with Crippen LogP contribution in [0.2, 0.25) is 0 Å². The zero-order chi connectivity index (χ0) is 23.7. The van der Waals surface area contributed by atoms with Gasteiger partial charge in [-0.15, -0.1) is 0 Å². The second-order valence-electron chi connectivity index (χ2n) is 7.08. The summed E-state index contributed by atoms with van der Waals surface area (Å²) in [7, 11) is 2.80. The first-order chi connectivity index (χ1) is 15.0. The van der Waals surface area contributed by atoms with Crippen LogP contribution in [0.15, 0.2) is 42.5 Å². The maximum atomic E-state index is 13.2. The van der Waals surface area contributed by atoms with E-state index in [-0.39, 0.29) is 18.7 Å². The van der Waals surface area contributed by atoms with Crippen LogP contribution in [0, 0.1) is 0 Å². The molecule has 172 valence electrons. The van der Waals surface area contributed by atoms with E-state index in [2.05, 4.69) is 0 Å². The summed E-state index contributed by atoms with van der Waals surface area (Å²) in [4.78, 5) is 12.8. The largest absolute Gasteiger partial charge is 0.493 e. The number of halogens is 6. The van der Waals surface area contributed by atoms with Crippen molar-refractivity contribution in [1.82, 2.24) is 4.90 Å². The summed E-state index contributed by atoms with van der Waals surface area (Å²) in [6.07, 6.45) is -6.67. The van der Waals surface area contributed by atoms with Crippen molar-refractivity contribution >= 4 is 12.0 Å². The van der Waals surface area contributed by atoms with Crippen LogP contribution in [0.4, 0.5) is 26.3 Å². The van der Waals surface area contributed by atoms with Gasteiger partial charge in [0.15, 0.2) is 11.5 Å². The van der Waals surface area contributed by atoms with Crippen molar-refractivity contribution in [2.24, 2.45) is 0 Å². The summed E-state index contributed by atoms with van der Waals surface area (Å²) in [5.74, 6) is -1.33. The number of benzene rings is 2. The van der Waals surface area contributed by atoms with Crippen molar-refractivity contribution in [1.29, 1.82) is 0 Å². The molecule has 0 saturated carbocycles. The molecule has 3 rings (SSSR count). The predicted molar refractivity (Wildman–Crippen MR) is 104 cm³/mol. The lowest BCUT2D eigenvalue weighted by Crippen LogP contribution is -2.46. The molecule has 2 aromatic rings. The molecule has 0 spiro atoms. The van der Waals surface area contributed by atoms with E-state index in [4.69, 9.17) is 9.47 Å². The average Bonchev–Trinajstić information content (AvgIpc) is 2.74. The van der Waals surface area contributed by atoms with E-state index in [1.165, 1.54) is 44.6 Å².